The number of ether oxygens (including phenoxy) is 2. The van der Waals surface area contributed by atoms with Gasteiger partial charge in [-0.1, -0.05) is 24.3 Å². The number of benzene rings is 3. The Balaban J connectivity index is 1.40. The average molecular weight is 553 g/mol. The zero-order valence-corrected chi connectivity index (χ0v) is 21.9. The maximum absolute atomic E-state index is 13.7. The summed E-state index contributed by atoms with van der Waals surface area (Å²) >= 11 is 0. The number of hydrogen-bond donors (Lipinski definition) is 2. The molecule has 5 aromatic rings. The number of aromatic nitrogens is 4. The summed E-state index contributed by atoms with van der Waals surface area (Å²) in [6, 6.07) is 19.7. The van der Waals surface area contributed by atoms with Gasteiger partial charge in [-0.15, -0.1) is 5.10 Å². The Labute approximate surface area is 232 Å². The summed E-state index contributed by atoms with van der Waals surface area (Å²) in [6.07, 6.45) is 0. The highest BCUT2D eigenvalue weighted by Gasteiger charge is 2.20. The van der Waals surface area contributed by atoms with Gasteiger partial charge in [0.25, 0.3) is 17.4 Å². The van der Waals surface area contributed by atoms with Crippen LogP contribution in [-0.4, -0.2) is 37.5 Å². The van der Waals surface area contributed by atoms with Gasteiger partial charge in [-0.2, -0.15) is 0 Å². The number of nitrogens with zero attached hydrogens (tertiary/aromatic N) is 4. The molecule has 206 valence electrons. The normalized spacial score (nSPS) is 12.0. The molecule has 0 bridgehead atoms. The third kappa shape index (κ3) is 4.71. The van der Waals surface area contributed by atoms with Crippen LogP contribution in [0.4, 0.5) is 5.82 Å². The number of fused-ring (bicyclic) bond motifs is 2. The quantitative estimate of drug-likeness (QED) is 0.325. The minimum absolute atomic E-state index is 0.133. The lowest BCUT2D eigenvalue weighted by molar-refractivity contribution is 0.0872. The monoisotopic (exact) mass is 552 g/mol. The van der Waals surface area contributed by atoms with Gasteiger partial charge < -0.3 is 20.5 Å². The lowest BCUT2D eigenvalue weighted by atomic mass is 10.1. The second-order valence-corrected chi connectivity index (χ2v) is 9.46. The van der Waals surface area contributed by atoms with Crippen LogP contribution in [0.2, 0.25) is 0 Å². The zero-order chi connectivity index (χ0) is 28.7. The first-order valence-electron chi connectivity index (χ1n) is 12.7. The van der Waals surface area contributed by atoms with Gasteiger partial charge >= 0.3 is 5.69 Å². The minimum Gasteiger partial charge on any atom is -0.454 e. The number of para-hydroxylation sites is 1. The van der Waals surface area contributed by atoms with E-state index in [1.807, 2.05) is 6.07 Å². The van der Waals surface area contributed by atoms with E-state index in [0.717, 1.165) is 19.4 Å². The van der Waals surface area contributed by atoms with Gasteiger partial charge in [-0.05, 0) is 55.0 Å². The molecule has 6 rings (SSSR count). The third-order valence-electron chi connectivity index (χ3n) is 6.75. The first-order valence-corrected chi connectivity index (χ1v) is 12.7. The Kier molecular flexibility index (Phi) is 6.34. The first kappa shape index (κ1) is 25.6. The van der Waals surface area contributed by atoms with Gasteiger partial charge in [0.2, 0.25) is 6.79 Å². The van der Waals surface area contributed by atoms with E-state index in [1.165, 1.54) is 24.3 Å². The first-order chi connectivity index (χ1) is 19.8. The summed E-state index contributed by atoms with van der Waals surface area (Å²) < 4.78 is 14.0. The van der Waals surface area contributed by atoms with E-state index in [0.29, 0.717) is 22.9 Å². The molecule has 0 fully saturated rings. The van der Waals surface area contributed by atoms with Crippen molar-refractivity contribution in [1.82, 2.24) is 24.2 Å². The number of aryl methyl sites for hydroxylation is 1. The summed E-state index contributed by atoms with van der Waals surface area (Å²) in [5, 5.41) is 7.01. The molecule has 3 aromatic carbocycles. The number of carbonyl (C=O) groups excluding carboxylic acids is 2. The SMILES string of the molecule is Cc1cc(N)nn1C(=O)Cn1c(=O)n(-c2ccccc2)c(=O)c2ccc(C(=O)NCc3ccc4c(c3)OCO4)cc21. The molecule has 12 nitrogen and oxygen atoms in total. The summed E-state index contributed by atoms with van der Waals surface area (Å²) in [6.45, 7) is 1.56. The molecule has 3 N–H and O–H groups in total. The van der Waals surface area contributed by atoms with E-state index in [4.69, 9.17) is 15.2 Å². The predicted octanol–water partition coefficient (Wildman–Crippen LogP) is 2.24. The number of anilines is 1. The highest BCUT2D eigenvalue weighted by molar-refractivity contribution is 5.98. The van der Waals surface area contributed by atoms with Crippen LogP contribution in [0, 0.1) is 6.92 Å². The van der Waals surface area contributed by atoms with Crippen LogP contribution >= 0.6 is 0 Å². The average Bonchev–Trinajstić information content (AvgIpc) is 3.59. The van der Waals surface area contributed by atoms with Crippen molar-refractivity contribution in [3.8, 4) is 17.2 Å². The fraction of sp³-hybridized carbons (Fsp3) is 0.138. The molecule has 0 aliphatic carbocycles. The predicted molar refractivity (Wildman–Crippen MR) is 150 cm³/mol. The zero-order valence-electron chi connectivity index (χ0n) is 21.9. The standard InChI is InChI=1S/C29H24N6O6/c1-17-11-25(30)32-35(17)26(36)15-33-22-13-19(27(37)31-14-18-7-10-23-24(12-18)41-16-40-23)8-9-21(22)28(38)34(29(33)39)20-5-3-2-4-6-20/h2-13H,14-16H2,1H3,(H2,30,32)(H,31,37). The third-order valence-corrected chi connectivity index (χ3v) is 6.75. The van der Waals surface area contributed by atoms with E-state index < -0.39 is 29.6 Å². The number of carbonyl (C=O) groups is 2. The largest absolute Gasteiger partial charge is 0.454 e. The molecule has 1 aliphatic heterocycles. The highest BCUT2D eigenvalue weighted by Crippen LogP contribution is 2.32. The van der Waals surface area contributed by atoms with Crippen LogP contribution in [0.1, 0.15) is 26.4 Å². The second kappa shape index (κ2) is 10.2. The maximum Gasteiger partial charge on any atom is 0.336 e. The lowest BCUT2D eigenvalue weighted by Gasteiger charge is -2.15. The van der Waals surface area contributed by atoms with Crippen molar-refractivity contribution in [1.29, 1.82) is 0 Å². The summed E-state index contributed by atoms with van der Waals surface area (Å²) in [5.41, 5.74) is 6.40. The van der Waals surface area contributed by atoms with Crippen molar-refractivity contribution in [2.24, 2.45) is 0 Å². The number of nitrogens with two attached hydrogens (primary N) is 1. The number of hydrogen-bond acceptors (Lipinski definition) is 8. The van der Waals surface area contributed by atoms with Gasteiger partial charge in [0, 0.05) is 23.9 Å². The summed E-state index contributed by atoms with van der Waals surface area (Å²) in [4.78, 5) is 53.6. The van der Waals surface area contributed by atoms with Crippen molar-refractivity contribution in [2.45, 2.75) is 20.0 Å². The lowest BCUT2D eigenvalue weighted by Crippen LogP contribution is -2.41. The molecule has 0 spiro atoms. The van der Waals surface area contributed by atoms with E-state index in [9.17, 15) is 19.2 Å². The van der Waals surface area contributed by atoms with E-state index >= 15 is 0 Å². The van der Waals surface area contributed by atoms with Gasteiger partial charge in [0.15, 0.2) is 11.5 Å². The molecule has 3 heterocycles. The van der Waals surface area contributed by atoms with Gasteiger partial charge in [0.05, 0.1) is 16.6 Å². The molecule has 1 aliphatic rings. The Morgan fingerprint density at radius 1 is 0.976 bits per heavy atom. The van der Waals surface area contributed by atoms with E-state index in [-0.39, 0.29) is 35.6 Å². The van der Waals surface area contributed by atoms with Crippen LogP contribution in [0.3, 0.4) is 0 Å². The number of amides is 1. The van der Waals surface area contributed by atoms with Gasteiger partial charge in [-0.3, -0.25) is 19.0 Å². The summed E-state index contributed by atoms with van der Waals surface area (Å²) in [5.74, 6) is 0.413. The van der Waals surface area contributed by atoms with Crippen molar-refractivity contribution < 1.29 is 19.1 Å². The molecule has 0 saturated carbocycles. The van der Waals surface area contributed by atoms with Gasteiger partial charge in [0.1, 0.15) is 12.4 Å². The topological polar surface area (TPSA) is 152 Å². The molecule has 2 aromatic heterocycles. The van der Waals surface area contributed by atoms with Crippen LogP contribution in [0.25, 0.3) is 16.6 Å². The maximum atomic E-state index is 13.7. The molecule has 0 radical (unpaired) electrons. The van der Waals surface area contributed by atoms with Crippen LogP contribution < -0.4 is 31.8 Å². The van der Waals surface area contributed by atoms with Crippen LogP contribution in [0.5, 0.6) is 11.5 Å². The molecule has 1 amide bonds. The molecule has 0 unspecified atom stereocenters. The molecule has 41 heavy (non-hydrogen) atoms. The van der Waals surface area contributed by atoms with Crippen molar-refractivity contribution in [3.63, 3.8) is 0 Å². The highest BCUT2D eigenvalue weighted by atomic mass is 16.7. The summed E-state index contributed by atoms with van der Waals surface area (Å²) in [7, 11) is 0. The second-order valence-electron chi connectivity index (χ2n) is 9.46. The molecule has 0 saturated heterocycles. The Morgan fingerprint density at radius 2 is 1.76 bits per heavy atom. The van der Waals surface area contributed by atoms with Crippen LogP contribution in [-0.2, 0) is 13.1 Å². The van der Waals surface area contributed by atoms with Crippen LogP contribution in [0.15, 0.2) is 82.4 Å². The minimum atomic E-state index is -0.738. The Bertz CT molecular complexity index is 1960. The fourth-order valence-corrected chi connectivity index (χ4v) is 4.75. The molecule has 0 atom stereocenters. The fourth-order valence-electron chi connectivity index (χ4n) is 4.75. The number of nitrogen functional groups attached to an aromatic ring is 1. The van der Waals surface area contributed by atoms with Crippen molar-refractivity contribution in [2.75, 3.05) is 12.5 Å². The molecule has 12 heteroatoms. The number of rotatable bonds is 6. The van der Waals surface area contributed by atoms with E-state index in [1.54, 1.807) is 49.4 Å². The Hall–Kier alpha value is -5.65. The smallest absolute Gasteiger partial charge is 0.336 e. The number of nitrogens with one attached hydrogen (secondary N) is 1. The van der Waals surface area contributed by atoms with Crippen molar-refractivity contribution >= 4 is 28.5 Å². The van der Waals surface area contributed by atoms with Crippen molar-refractivity contribution in [3.05, 3.63) is 110 Å². The Morgan fingerprint density at radius 3 is 2.51 bits per heavy atom. The molecular weight excluding hydrogens is 528 g/mol. The van der Waals surface area contributed by atoms with E-state index in [2.05, 4.69) is 10.4 Å². The van der Waals surface area contributed by atoms with Gasteiger partial charge in [-0.25, -0.2) is 14.0 Å². The molecular formula is C29H24N6O6.